The van der Waals surface area contributed by atoms with Crippen molar-refractivity contribution in [3.8, 4) is 6.07 Å². The SMILES string of the molecule is Cc1nn(C)c(SCCC=C(F)F)c1C#N. The maximum atomic E-state index is 11.8. The molecule has 0 N–H and O–H groups in total. The topological polar surface area (TPSA) is 41.6 Å². The lowest BCUT2D eigenvalue weighted by atomic mass is 10.3. The van der Waals surface area contributed by atoms with Crippen molar-refractivity contribution in [2.45, 2.75) is 18.4 Å². The lowest BCUT2D eigenvalue weighted by molar-refractivity contribution is 0.418. The molecule has 0 aliphatic heterocycles. The Morgan fingerprint density at radius 2 is 2.31 bits per heavy atom. The van der Waals surface area contributed by atoms with Crippen molar-refractivity contribution >= 4 is 11.8 Å². The zero-order chi connectivity index (χ0) is 12.1. The quantitative estimate of drug-likeness (QED) is 0.603. The molecule has 6 heteroatoms. The van der Waals surface area contributed by atoms with Gasteiger partial charge in [-0.3, -0.25) is 4.68 Å². The summed E-state index contributed by atoms with van der Waals surface area (Å²) in [5.74, 6) is 0.505. The van der Waals surface area contributed by atoms with E-state index in [1.807, 2.05) is 0 Å². The van der Waals surface area contributed by atoms with Crippen LogP contribution in [0.2, 0.25) is 0 Å². The molecule has 0 fully saturated rings. The molecule has 3 nitrogen and oxygen atoms in total. The first-order chi connectivity index (χ1) is 7.56. The molecule has 86 valence electrons. The lowest BCUT2D eigenvalue weighted by Gasteiger charge is -2.00. The Bertz CT molecular complexity index is 442. The highest BCUT2D eigenvalue weighted by atomic mass is 32.2. The smallest absolute Gasteiger partial charge is 0.260 e. The monoisotopic (exact) mass is 243 g/mol. The molecule has 0 saturated heterocycles. The summed E-state index contributed by atoms with van der Waals surface area (Å²) >= 11 is 1.36. The number of rotatable bonds is 4. The van der Waals surface area contributed by atoms with Gasteiger partial charge in [-0.1, -0.05) is 0 Å². The molecule has 0 bridgehead atoms. The van der Waals surface area contributed by atoms with Crippen molar-refractivity contribution < 1.29 is 8.78 Å². The fraction of sp³-hybridized carbons (Fsp3) is 0.400. The Balaban J connectivity index is 2.67. The van der Waals surface area contributed by atoms with Gasteiger partial charge in [0.05, 0.1) is 5.69 Å². The summed E-state index contributed by atoms with van der Waals surface area (Å²) in [5.41, 5.74) is 1.19. The first kappa shape index (κ1) is 12.7. The molecule has 1 aromatic heterocycles. The summed E-state index contributed by atoms with van der Waals surface area (Å²) in [6.07, 6.45) is -0.507. The normalized spacial score (nSPS) is 9.94. The van der Waals surface area contributed by atoms with Crippen LogP contribution >= 0.6 is 11.8 Å². The molecule has 16 heavy (non-hydrogen) atoms. The van der Waals surface area contributed by atoms with Gasteiger partial charge in [-0.05, 0) is 19.4 Å². The van der Waals surface area contributed by atoms with Gasteiger partial charge >= 0.3 is 0 Å². The zero-order valence-corrected chi connectivity index (χ0v) is 9.81. The van der Waals surface area contributed by atoms with Gasteiger partial charge in [0.1, 0.15) is 16.7 Å². The van der Waals surface area contributed by atoms with Crippen LogP contribution in [0.4, 0.5) is 8.78 Å². The summed E-state index contributed by atoms with van der Waals surface area (Å²) in [6, 6.07) is 2.07. The van der Waals surface area contributed by atoms with E-state index < -0.39 is 6.08 Å². The van der Waals surface area contributed by atoms with E-state index >= 15 is 0 Å². The number of aromatic nitrogens is 2. The van der Waals surface area contributed by atoms with Crippen LogP contribution in [-0.2, 0) is 7.05 Å². The maximum Gasteiger partial charge on any atom is 0.266 e. The predicted molar refractivity (Wildman–Crippen MR) is 58.3 cm³/mol. The van der Waals surface area contributed by atoms with Crippen LogP contribution in [0.5, 0.6) is 0 Å². The van der Waals surface area contributed by atoms with Gasteiger partial charge < -0.3 is 0 Å². The van der Waals surface area contributed by atoms with Crippen LogP contribution < -0.4 is 0 Å². The molecule has 1 aromatic rings. The van der Waals surface area contributed by atoms with E-state index in [2.05, 4.69) is 11.2 Å². The molecule has 0 atom stereocenters. The average Bonchev–Trinajstić information content (AvgIpc) is 2.47. The largest absolute Gasteiger partial charge is 0.266 e. The average molecular weight is 243 g/mol. The van der Waals surface area contributed by atoms with Gasteiger partial charge in [-0.25, -0.2) is 0 Å². The van der Waals surface area contributed by atoms with Crippen LogP contribution in [0.3, 0.4) is 0 Å². The van der Waals surface area contributed by atoms with Crippen molar-refractivity contribution in [3.05, 3.63) is 23.4 Å². The van der Waals surface area contributed by atoms with Gasteiger partial charge in [0.15, 0.2) is 0 Å². The minimum absolute atomic E-state index is 0.280. The number of nitrogens with zero attached hydrogens (tertiary/aromatic N) is 3. The summed E-state index contributed by atoms with van der Waals surface area (Å²) < 4.78 is 25.1. The highest BCUT2D eigenvalue weighted by Crippen LogP contribution is 2.24. The first-order valence-electron chi connectivity index (χ1n) is 4.64. The van der Waals surface area contributed by atoms with E-state index in [1.54, 1.807) is 18.7 Å². The Morgan fingerprint density at radius 3 is 2.88 bits per heavy atom. The minimum Gasteiger partial charge on any atom is -0.260 e. The van der Waals surface area contributed by atoms with Crippen molar-refractivity contribution in [1.29, 1.82) is 5.26 Å². The first-order valence-corrected chi connectivity index (χ1v) is 5.62. The number of thioether (sulfide) groups is 1. The second-order valence-electron chi connectivity index (χ2n) is 3.13. The second-order valence-corrected chi connectivity index (χ2v) is 4.22. The number of allylic oxidation sites excluding steroid dienone is 1. The van der Waals surface area contributed by atoms with E-state index in [4.69, 9.17) is 5.26 Å². The highest BCUT2D eigenvalue weighted by Gasteiger charge is 2.12. The highest BCUT2D eigenvalue weighted by molar-refractivity contribution is 7.99. The number of halogens is 2. The molecule has 0 aliphatic carbocycles. The third-order valence-electron chi connectivity index (χ3n) is 1.94. The Kier molecular flexibility index (Phi) is 4.50. The van der Waals surface area contributed by atoms with Crippen LogP contribution in [0.25, 0.3) is 0 Å². The number of nitriles is 1. The van der Waals surface area contributed by atoms with E-state index in [0.29, 0.717) is 17.0 Å². The molecule has 0 spiro atoms. The summed E-state index contributed by atoms with van der Waals surface area (Å²) in [7, 11) is 1.74. The Labute approximate surface area is 96.8 Å². The second kappa shape index (κ2) is 5.66. The fourth-order valence-corrected chi connectivity index (χ4v) is 2.25. The van der Waals surface area contributed by atoms with Crippen LogP contribution in [-0.4, -0.2) is 15.5 Å². The summed E-state index contributed by atoms with van der Waals surface area (Å²) in [4.78, 5) is 0. The van der Waals surface area contributed by atoms with E-state index in [9.17, 15) is 8.78 Å². The van der Waals surface area contributed by atoms with E-state index in [1.165, 1.54) is 11.8 Å². The zero-order valence-electron chi connectivity index (χ0n) is 9.00. The van der Waals surface area contributed by atoms with Crippen LogP contribution in [0, 0.1) is 18.3 Å². The maximum absolute atomic E-state index is 11.8. The third kappa shape index (κ3) is 3.07. The predicted octanol–water partition coefficient (Wildman–Crippen LogP) is 2.86. The number of hydrogen-bond donors (Lipinski definition) is 0. The number of aryl methyl sites for hydroxylation is 2. The molecule has 0 radical (unpaired) electrons. The van der Waals surface area contributed by atoms with Crippen molar-refractivity contribution in [3.63, 3.8) is 0 Å². The third-order valence-corrected chi connectivity index (χ3v) is 3.12. The van der Waals surface area contributed by atoms with Crippen LogP contribution in [0.15, 0.2) is 17.2 Å². The van der Waals surface area contributed by atoms with Gasteiger partial charge in [0, 0.05) is 12.8 Å². The Morgan fingerprint density at radius 1 is 1.62 bits per heavy atom. The molecule has 1 heterocycles. The minimum atomic E-state index is -1.66. The molecule has 0 aromatic carbocycles. The van der Waals surface area contributed by atoms with E-state index in [0.717, 1.165) is 11.1 Å². The summed E-state index contributed by atoms with van der Waals surface area (Å²) in [6.45, 7) is 1.75. The lowest BCUT2D eigenvalue weighted by Crippen LogP contribution is -1.93. The van der Waals surface area contributed by atoms with Crippen LogP contribution in [0.1, 0.15) is 17.7 Å². The molecule has 0 saturated carbocycles. The molecule has 0 amide bonds. The van der Waals surface area contributed by atoms with Gasteiger partial charge in [-0.15, -0.1) is 11.8 Å². The van der Waals surface area contributed by atoms with Gasteiger partial charge in [0.2, 0.25) is 0 Å². The van der Waals surface area contributed by atoms with Crippen molar-refractivity contribution in [1.82, 2.24) is 9.78 Å². The Hall–Kier alpha value is -1.35. The fourth-order valence-electron chi connectivity index (χ4n) is 1.25. The molecule has 0 unspecified atom stereocenters. The summed E-state index contributed by atoms with van der Waals surface area (Å²) in [5, 5.41) is 13.7. The molecule has 1 rings (SSSR count). The van der Waals surface area contributed by atoms with E-state index in [-0.39, 0.29) is 6.42 Å². The molecular weight excluding hydrogens is 232 g/mol. The van der Waals surface area contributed by atoms with Gasteiger partial charge in [0.25, 0.3) is 6.08 Å². The van der Waals surface area contributed by atoms with Crippen molar-refractivity contribution in [2.75, 3.05) is 5.75 Å². The van der Waals surface area contributed by atoms with Gasteiger partial charge in [-0.2, -0.15) is 19.1 Å². The number of hydrogen-bond acceptors (Lipinski definition) is 3. The standard InChI is InChI=1S/C10H11F2N3S/c1-7-8(6-13)10(15(2)14-7)16-5-3-4-9(11)12/h4H,3,5H2,1-2H3. The van der Waals surface area contributed by atoms with Crippen molar-refractivity contribution in [2.24, 2.45) is 7.05 Å². The molecular formula is C10H11F2N3S. The molecule has 0 aliphatic rings.